The normalized spacial score (nSPS) is 15.3. The first kappa shape index (κ1) is 16.0. The number of fused-ring (bicyclic) bond motifs is 1. The van der Waals surface area contributed by atoms with Crippen molar-refractivity contribution in [2.75, 3.05) is 12.4 Å². The Labute approximate surface area is 136 Å². The molecule has 0 aliphatic heterocycles. The number of aliphatic hydroxyl groups excluding tert-OH is 1. The van der Waals surface area contributed by atoms with E-state index in [1.54, 1.807) is 0 Å². The molecule has 0 unspecified atom stereocenters. The second-order valence-electron chi connectivity index (χ2n) is 5.54. The summed E-state index contributed by atoms with van der Waals surface area (Å²) in [5.74, 6) is 0.160. The number of nitrogens with zero attached hydrogens (tertiary/aromatic N) is 3. The standard InChI is InChI=1S/C14H19N5O3S/c20-6-5-19-12-10(7-15-19)13(22)18-14(17-12)23-8-11(21)16-9-3-1-2-4-9/h7,9,20H,1-6,8H2,(H,16,21)(H,17,18,22). The van der Waals surface area contributed by atoms with Crippen molar-refractivity contribution in [3.63, 3.8) is 0 Å². The summed E-state index contributed by atoms with van der Waals surface area (Å²) >= 11 is 1.19. The summed E-state index contributed by atoms with van der Waals surface area (Å²) in [6.45, 7) is 0.184. The monoisotopic (exact) mass is 337 g/mol. The molecule has 0 aromatic carbocycles. The molecule has 1 fully saturated rings. The Morgan fingerprint density at radius 1 is 1.48 bits per heavy atom. The lowest BCUT2D eigenvalue weighted by Crippen LogP contribution is -2.33. The lowest BCUT2D eigenvalue weighted by molar-refractivity contribution is -0.119. The zero-order chi connectivity index (χ0) is 16.2. The van der Waals surface area contributed by atoms with Gasteiger partial charge in [-0.3, -0.25) is 9.59 Å². The summed E-state index contributed by atoms with van der Waals surface area (Å²) in [4.78, 5) is 30.9. The fourth-order valence-corrected chi connectivity index (χ4v) is 3.41. The molecule has 0 bridgehead atoms. The first-order valence-corrected chi connectivity index (χ1v) is 8.65. The molecule has 8 nitrogen and oxygen atoms in total. The Kier molecular flexibility index (Phi) is 4.97. The minimum absolute atomic E-state index is 0.0477. The van der Waals surface area contributed by atoms with Gasteiger partial charge in [-0.1, -0.05) is 24.6 Å². The number of hydrogen-bond donors (Lipinski definition) is 3. The van der Waals surface area contributed by atoms with Crippen molar-refractivity contribution in [1.82, 2.24) is 25.1 Å². The van der Waals surface area contributed by atoms with E-state index in [-0.39, 0.29) is 36.4 Å². The summed E-state index contributed by atoms with van der Waals surface area (Å²) in [6, 6.07) is 0.281. The molecular formula is C14H19N5O3S. The van der Waals surface area contributed by atoms with Crippen molar-refractivity contribution in [2.24, 2.45) is 0 Å². The van der Waals surface area contributed by atoms with Crippen LogP contribution in [0.15, 0.2) is 16.1 Å². The quantitative estimate of drug-likeness (QED) is 0.515. The van der Waals surface area contributed by atoms with E-state index in [4.69, 9.17) is 5.11 Å². The smallest absolute Gasteiger partial charge is 0.262 e. The van der Waals surface area contributed by atoms with E-state index in [1.165, 1.54) is 35.5 Å². The molecule has 3 rings (SSSR count). The molecular weight excluding hydrogens is 318 g/mol. The number of carbonyl (C=O) groups is 1. The van der Waals surface area contributed by atoms with E-state index in [0.29, 0.717) is 16.2 Å². The van der Waals surface area contributed by atoms with E-state index in [0.717, 1.165) is 12.8 Å². The van der Waals surface area contributed by atoms with Gasteiger partial charge in [-0.2, -0.15) is 5.10 Å². The van der Waals surface area contributed by atoms with E-state index in [1.807, 2.05) is 0 Å². The number of aromatic nitrogens is 4. The highest BCUT2D eigenvalue weighted by molar-refractivity contribution is 7.99. The number of thioether (sulfide) groups is 1. The first-order valence-electron chi connectivity index (χ1n) is 7.66. The predicted octanol–water partition coefficient (Wildman–Crippen LogP) is 0.263. The van der Waals surface area contributed by atoms with Gasteiger partial charge in [0.05, 0.1) is 25.1 Å². The van der Waals surface area contributed by atoms with Crippen molar-refractivity contribution in [1.29, 1.82) is 0 Å². The largest absolute Gasteiger partial charge is 0.394 e. The average molecular weight is 337 g/mol. The van der Waals surface area contributed by atoms with Crippen molar-refractivity contribution in [2.45, 2.75) is 43.4 Å². The Morgan fingerprint density at radius 2 is 2.26 bits per heavy atom. The van der Waals surface area contributed by atoms with E-state index < -0.39 is 0 Å². The number of hydrogen-bond acceptors (Lipinski definition) is 6. The van der Waals surface area contributed by atoms with Crippen LogP contribution in [0.25, 0.3) is 11.0 Å². The van der Waals surface area contributed by atoms with Crippen LogP contribution in [0.4, 0.5) is 0 Å². The number of carbonyl (C=O) groups excluding carboxylic acids is 1. The molecule has 2 aromatic heterocycles. The van der Waals surface area contributed by atoms with Crippen LogP contribution in [0, 0.1) is 0 Å². The lowest BCUT2D eigenvalue weighted by Gasteiger charge is -2.11. The molecule has 0 saturated heterocycles. The van der Waals surface area contributed by atoms with Crippen LogP contribution in [0.5, 0.6) is 0 Å². The van der Waals surface area contributed by atoms with Crippen LogP contribution < -0.4 is 10.9 Å². The maximum atomic E-state index is 12.0. The summed E-state index contributed by atoms with van der Waals surface area (Å²) in [7, 11) is 0. The fourth-order valence-electron chi connectivity index (χ4n) is 2.75. The first-order chi connectivity index (χ1) is 11.2. The zero-order valence-corrected chi connectivity index (χ0v) is 13.4. The molecule has 2 heterocycles. The predicted molar refractivity (Wildman–Crippen MR) is 86.4 cm³/mol. The van der Waals surface area contributed by atoms with Crippen LogP contribution in [-0.2, 0) is 11.3 Å². The second kappa shape index (κ2) is 7.14. The summed E-state index contributed by atoms with van der Waals surface area (Å²) in [5.41, 5.74) is 0.124. The third-order valence-corrected chi connectivity index (χ3v) is 4.73. The zero-order valence-electron chi connectivity index (χ0n) is 12.6. The van der Waals surface area contributed by atoms with Crippen LogP contribution in [0.1, 0.15) is 25.7 Å². The maximum Gasteiger partial charge on any atom is 0.262 e. The Balaban J connectivity index is 1.68. The molecule has 1 saturated carbocycles. The van der Waals surface area contributed by atoms with Gasteiger partial charge in [0, 0.05) is 6.04 Å². The van der Waals surface area contributed by atoms with Crippen molar-refractivity contribution < 1.29 is 9.90 Å². The summed E-state index contributed by atoms with van der Waals surface area (Å²) in [5, 5.41) is 16.8. The number of amides is 1. The number of aromatic amines is 1. The van der Waals surface area contributed by atoms with Gasteiger partial charge in [-0.25, -0.2) is 9.67 Å². The minimum Gasteiger partial charge on any atom is -0.394 e. The third kappa shape index (κ3) is 3.73. The highest BCUT2D eigenvalue weighted by atomic mass is 32.2. The van der Waals surface area contributed by atoms with Gasteiger partial charge in [0.25, 0.3) is 5.56 Å². The molecule has 2 aromatic rings. The van der Waals surface area contributed by atoms with E-state index in [2.05, 4.69) is 20.4 Å². The highest BCUT2D eigenvalue weighted by Crippen LogP contribution is 2.18. The second-order valence-corrected chi connectivity index (χ2v) is 6.50. The molecule has 3 N–H and O–H groups in total. The number of rotatable bonds is 6. The number of nitrogens with one attached hydrogen (secondary N) is 2. The summed E-state index contributed by atoms with van der Waals surface area (Å²) in [6.07, 6.45) is 5.84. The molecule has 9 heteroatoms. The Hall–Kier alpha value is -1.87. The van der Waals surface area contributed by atoms with Gasteiger partial charge in [-0.15, -0.1) is 0 Å². The molecule has 0 spiro atoms. The van der Waals surface area contributed by atoms with Gasteiger partial charge < -0.3 is 15.4 Å². The average Bonchev–Trinajstić information content (AvgIpc) is 3.16. The van der Waals surface area contributed by atoms with Crippen molar-refractivity contribution in [3.05, 3.63) is 16.6 Å². The van der Waals surface area contributed by atoms with Crippen LogP contribution in [0.3, 0.4) is 0 Å². The van der Waals surface area contributed by atoms with Crippen molar-refractivity contribution >= 4 is 28.7 Å². The van der Waals surface area contributed by atoms with E-state index >= 15 is 0 Å². The molecule has 124 valence electrons. The van der Waals surface area contributed by atoms with Crippen LogP contribution in [-0.4, -0.2) is 49.2 Å². The minimum atomic E-state index is -0.294. The maximum absolute atomic E-state index is 12.0. The SMILES string of the molecule is O=C(CSc1nc2c(cnn2CCO)c(=O)[nH]1)NC1CCCC1. The van der Waals surface area contributed by atoms with Gasteiger partial charge >= 0.3 is 0 Å². The molecule has 1 aliphatic carbocycles. The van der Waals surface area contributed by atoms with E-state index in [9.17, 15) is 9.59 Å². The third-order valence-electron chi connectivity index (χ3n) is 3.86. The van der Waals surface area contributed by atoms with Crippen molar-refractivity contribution in [3.8, 4) is 0 Å². The van der Waals surface area contributed by atoms with Gasteiger partial charge in [0.1, 0.15) is 5.39 Å². The summed E-state index contributed by atoms with van der Waals surface area (Å²) < 4.78 is 1.48. The molecule has 0 atom stereocenters. The molecule has 1 amide bonds. The topological polar surface area (TPSA) is 113 Å². The van der Waals surface area contributed by atoms with Crippen LogP contribution in [0.2, 0.25) is 0 Å². The molecule has 1 aliphatic rings. The highest BCUT2D eigenvalue weighted by Gasteiger charge is 2.17. The van der Waals surface area contributed by atoms with Gasteiger partial charge in [0.2, 0.25) is 5.91 Å². The van der Waals surface area contributed by atoms with Crippen LogP contribution >= 0.6 is 11.8 Å². The van der Waals surface area contributed by atoms with Gasteiger partial charge in [-0.05, 0) is 12.8 Å². The van der Waals surface area contributed by atoms with Gasteiger partial charge in [0.15, 0.2) is 10.8 Å². The molecule has 0 radical (unpaired) electrons. The Morgan fingerprint density at radius 3 is 3.00 bits per heavy atom. The number of H-pyrrole nitrogens is 1. The number of aliphatic hydroxyl groups is 1. The lowest BCUT2D eigenvalue weighted by atomic mass is 10.2. The Bertz CT molecular complexity index is 750. The molecule has 23 heavy (non-hydrogen) atoms. The fraction of sp³-hybridized carbons (Fsp3) is 0.571.